The molecule has 278 valence electrons. The van der Waals surface area contributed by atoms with Gasteiger partial charge in [-0.3, -0.25) is 24.1 Å². The topological polar surface area (TPSA) is 161 Å². The number of rotatable bonds is 10. The van der Waals surface area contributed by atoms with Gasteiger partial charge in [0.2, 0.25) is 11.8 Å². The molecule has 3 fully saturated rings. The van der Waals surface area contributed by atoms with E-state index in [1.165, 1.54) is 4.90 Å². The van der Waals surface area contributed by atoms with Gasteiger partial charge in [0.1, 0.15) is 5.75 Å². The summed E-state index contributed by atoms with van der Waals surface area (Å²) in [5.41, 5.74) is 2.25. The summed E-state index contributed by atoms with van der Waals surface area (Å²) < 4.78 is 16.3. The first-order valence-corrected chi connectivity index (χ1v) is 19.7. The molecule has 8 rings (SSSR count). The number of nitrogens with one attached hydrogen (secondary N) is 2. The van der Waals surface area contributed by atoms with Crippen molar-refractivity contribution in [3.63, 3.8) is 0 Å². The lowest BCUT2D eigenvalue weighted by Crippen LogP contribution is -2.42. The molecule has 3 aromatic carbocycles. The second kappa shape index (κ2) is 14.4. The van der Waals surface area contributed by atoms with Gasteiger partial charge in [0, 0.05) is 32.3 Å². The van der Waals surface area contributed by atoms with Crippen LogP contribution in [0.15, 0.2) is 76.6 Å². The van der Waals surface area contributed by atoms with E-state index in [4.69, 9.17) is 25.8 Å². The normalized spacial score (nSPS) is 24.8. The molecule has 15 heteroatoms. The number of amides is 3. The van der Waals surface area contributed by atoms with Gasteiger partial charge in [-0.15, -0.1) is 11.8 Å². The molecular weight excluding hydrogens is 754 g/mol. The van der Waals surface area contributed by atoms with Crippen LogP contribution in [0.3, 0.4) is 0 Å². The van der Waals surface area contributed by atoms with Gasteiger partial charge >= 0.3 is 16.8 Å². The minimum atomic E-state index is -0.557. The fraction of sp³-hybridized carbons (Fsp3) is 0.333. The SMILES string of the molecule is CCOC(=O)c1ccc(NC(=O)COc2ccc(Cl)cc2[C@H]2c3sc(=O)[nH]c3SC3C4CC(C5C(=O)N(c6ccc(C(=O)OCC)cc6)C(=O)C45)C32)cc1. The van der Waals surface area contributed by atoms with Crippen LogP contribution in [-0.4, -0.2) is 59.7 Å². The third-order valence-electron chi connectivity index (χ3n) is 10.7. The second-order valence-electron chi connectivity index (χ2n) is 13.6. The molecule has 0 spiro atoms. The van der Waals surface area contributed by atoms with Crippen molar-refractivity contribution in [2.45, 2.75) is 36.5 Å². The highest BCUT2D eigenvalue weighted by atomic mass is 35.5. The van der Waals surface area contributed by atoms with Crippen LogP contribution >= 0.6 is 34.7 Å². The summed E-state index contributed by atoms with van der Waals surface area (Å²) in [5.74, 6) is -3.42. The van der Waals surface area contributed by atoms with Crippen LogP contribution < -0.4 is 19.8 Å². The summed E-state index contributed by atoms with van der Waals surface area (Å²) in [4.78, 5) is 83.3. The number of benzene rings is 3. The summed E-state index contributed by atoms with van der Waals surface area (Å²) in [7, 11) is 0. The van der Waals surface area contributed by atoms with Crippen molar-refractivity contribution >= 4 is 75.7 Å². The van der Waals surface area contributed by atoms with Crippen LogP contribution in [0.2, 0.25) is 5.02 Å². The van der Waals surface area contributed by atoms with E-state index in [9.17, 15) is 28.8 Å². The largest absolute Gasteiger partial charge is 0.483 e. The molecule has 0 radical (unpaired) electrons. The van der Waals surface area contributed by atoms with Gasteiger partial charge < -0.3 is 24.5 Å². The van der Waals surface area contributed by atoms with E-state index in [-0.39, 0.29) is 59.5 Å². The number of hydrogen-bond donors (Lipinski definition) is 2. The summed E-state index contributed by atoms with van der Waals surface area (Å²) in [6, 6.07) is 17.8. The number of fused-ring (bicyclic) bond motifs is 9. The zero-order valence-corrected chi connectivity index (χ0v) is 31.4. The number of carbonyl (C=O) groups is 5. The molecule has 2 saturated carbocycles. The Labute approximate surface area is 322 Å². The molecule has 2 bridgehead atoms. The molecule has 4 aliphatic rings. The summed E-state index contributed by atoms with van der Waals surface area (Å²) >= 11 is 9.27. The number of ether oxygens (including phenoxy) is 3. The molecular formula is C39H34ClN3O9S2. The highest BCUT2D eigenvalue weighted by molar-refractivity contribution is 8.00. The van der Waals surface area contributed by atoms with Crippen LogP contribution in [0.1, 0.15) is 57.3 Å². The van der Waals surface area contributed by atoms with Gasteiger partial charge in [0.25, 0.3) is 5.91 Å². The van der Waals surface area contributed by atoms with E-state index in [0.717, 1.165) is 21.2 Å². The van der Waals surface area contributed by atoms with Crippen molar-refractivity contribution in [3.05, 3.63) is 103 Å². The minimum Gasteiger partial charge on any atom is -0.483 e. The zero-order valence-electron chi connectivity index (χ0n) is 29.0. The maximum atomic E-state index is 14.2. The molecule has 2 N–H and O–H groups in total. The fourth-order valence-corrected chi connectivity index (χ4v) is 11.8. The summed E-state index contributed by atoms with van der Waals surface area (Å²) in [6.07, 6.45) is 0.675. The lowest BCUT2D eigenvalue weighted by atomic mass is 9.68. The number of thiazole rings is 1. The standard InChI is InChI=1S/C39H34ClN3O9S2/c1-3-50-37(47)18-5-10-21(11-6-18)41-27(44)17-52-26-14-9-20(40)15-23(26)28-29-24-16-25(32(29)53-34-33(28)54-39(49)42-34)31-30(24)35(45)43(36(31)46)22-12-7-19(8-13-22)38(48)51-4-2/h5-15,24-25,28-32H,3-4,16-17H2,1-2H3,(H,41,44)(H,42,49)/t24?,25?,28-,29?,30?,31?,32?/m1/s1. The zero-order chi connectivity index (χ0) is 37.8. The number of carbonyl (C=O) groups excluding carboxylic acids is 5. The Balaban J connectivity index is 1.07. The molecule has 2 aliphatic carbocycles. The molecule has 6 unspecified atom stereocenters. The van der Waals surface area contributed by atoms with Crippen LogP contribution in [-0.2, 0) is 23.9 Å². The molecule has 54 heavy (non-hydrogen) atoms. The Morgan fingerprint density at radius 2 is 1.50 bits per heavy atom. The number of hydrogen-bond acceptors (Lipinski definition) is 11. The second-order valence-corrected chi connectivity index (χ2v) is 16.2. The van der Waals surface area contributed by atoms with Crippen LogP contribution in [0.5, 0.6) is 5.75 Å². The van der Waals surface area contributed by atoms with E-state index < -0.39 is 35.6 Å². The number of thioether (sulfide) groups is 1. The predicted octanol–water partition coefficient (Wildman–Crippen LogP) is 6.14. The van der Waals surface area contributed by atoms with Crippen molar-refractivity contribution in [1.82, 2.24) is 4.98 Å². The number of imide groups is 1. The third kappa shape index (κ3) is 6.19. The van der Waals surface area contributed by atoms with Crippen LogP contribution in [0.4, 0.5) is 11.4 Å². The van der Waals surface area contributed by atoms with E-state index in [1.54, 1.807) is 92.3 Å². The molecule has 7 atom stereocenters. The van der Waals surface area contributed by atoms with Crippen LogP contribution in [0, 0.1) is 29.6 Å². The summed E-state index contributed by atoms with van der Waals surface area (Å²) in [6.45, 7) is 3.58. The highest BCUT2D eigenvalue weighted by Gasteiger charge is 2.70. The fourth-order valence-electron chi connectivity index (χ4n) is 8.72. The van der Waals surface area contributed by atoms with E-state index in [2.05, 4.69) is 10.3 Å². The van der Waals surface area contributed by atoms with Crippen molar-refractivity contribution in [2.75, 3.05) is 30.0 Å². The third-order valence-corrected chi connectivity index (χ3v) is 13.5. The lowest BCUT2D eigenvalue weighted by molar-refractivity contribution is -0.123. The average molecular weight is 788 g/mol. The van der Waals surface area contributed by atoms with Gasteiger partial charge in [-0.25, -0.2) is 9.59 Å². The number of halogens is 1. The van der Waals surface area contributed by atoms with E-state index in [0.29, 0.717) is 45.3 Å². The molecule has 4 aromatic rings. The molecule has 3 amide bonds. The maximum absolute atomic E-state index is 14.2. The average Bonchev–Trinajstić information content (AvgIpc) is 3.90. The summed E-state index contributed by atoms with van der Waals surface area (Å²) in [5, 5.41) is 3.85. The van der Waals surface area contributed by atoms with E-state index >= 15 is 0 Å². The van der Waals surface area contributed by atoms with Gasteiger partial charge in [-0.05, 0) is 105 Å². The Morgan fingerprint density at radius 3 is 2.15 bits per heavy atom. The molecule has 1 saturated heterocycles. The number of aromatic amines is 1. The highest BCUT2D eigenvalue weighted by Crippen LogP contribution is 2.69. The number of aromatic nitrogens is 1. The number of anilines is 2. The van der Waals surface area contributed by atoms with Crippen molar-refractivity contribution in [3.8, 4) is 5.75 Å². The Bertz CT molecular complexity index is 2240. The van der Waals surface area contributed by atoms with Gasteiger partial charge in [-0.1, -0.05) is 22.9 Å². The molecule has 1 aromatic heterocycles. The van der Waals surface area contributed by atoms with Crippen molar-refractivity contribution < 1.29 is 38.2 Å². The maximum Gasteiger partial charge on any atom is 0.338 e. The number of nitrogens with zero attached hydrogens (tertiary/aromatic N) is 1. The van der Waals surface area contributed by atoms with Gasteiger partial charge in [0.15, 0.2) is 6.61 Å². The van der Waals surface area contributed by atoms with Crippen molar-refractivity contribution in [2.24, 2.45) is 29.6 Å². The predicted molar refractivity (Wildman–Crippen MR) is 201 cm³/mol. The lowest BCUT2D eigenvalue weighted by Gasteiger charge is -2.43. The quantitative estimate of drug-likeness (QED) is 0.141. The van der Waals surface area contributed by atoms with Gasteiger partial charge in [-0.2, -0.15) is 0 Å². The monoisotopic (exact) mass is 787 g/mol. The Kier molecular flexibility index (Phi) is 9.61. The van der Waals surface area contributed by atoms with Crippen molar-refractivity contribution in [1.29, 1.82) is 0 Å². The molecule has 2 aliphatic heterocycles. The first-order chi connectivity index (χ1) is 26.1. The molecule has 3 heterocycles. The first-order valence-electron chi connectivity index (χ1n) is 17.6. The smallest absolute Gasteiger partial charge is 0.338 e. The Morgan fingerprint density at radius 1 is 0.870 bits per heavy atom. The van der Waals surface area contributed by atoms with Crippen LogP contribution in [0.25, 0.3) is 0 Å². The first kappa shape index (κ1) is 36.1. The van der Waals surface area contributed by atoms with Gasteiger partial charge in [0.05, 0.1) is 46.9 Å². The molecule has 12 nitrogen and oxygen atoms in total. The number of esters is 2. The minimum absolute atomic E-state index is 0.0883. The Hall–Kier alpha value is -4.92. The number of H-pyrrole nitrogens is 1. The van der Waals surface area contributed by atoms with E-state index in [1.807, 2.05) is 0 Å².